The summed E-state index contributed by atoms with van der Waals surface area (Å²) < 4.78 is 0. The maximum Gasteiger partial charge on any atom is 0.0438 e. The Kier molecular flexibility index (Phi) is 9.57. The predicted octanol–water partition coefficient (Wildman–Crippen LogP) is 4.16. The molecular weight excluding hydrogens is 220 g/mol. The number of pyridine rings is 1. The lowest BCUT2D eigenvalue weighted by Crippen LogP contribution is -2.34. The summed E-state index contributed by atoms with van der Waals surface area (Å²) in [5.74, 6) is 1.36. The highest BCUT2D eigenvalue weighted by Gasteiger charge is 2.23. The second-order valence-corrected chi connectivity index (χ2v) is 4.34. The van der Waals surface area contributed by atoms with E-state index in [9.17, 15) is 0 Å². The number of nitrogens with one attached hydrogen (secondary N) is 1. The summed E-state index contributed by atoms with van der Waals surface area (Å²) in [6.45, 7) is 14.6. The molecule has 0 saturated carbocycles. The zero-order valence-electron chi connectivity index (χ0n) is 13.0. The maximum atomic E-state index is 4.52. The molecule has 18 heavy (non-hydrogen) atoms. The molecule has 1 aromatic rings. The van der Waals surface area contributed by atoms with Crippen LogP contribution >= 0.6 is 0 Å². The minimum Gasteiger partial charge on any atom is -0.316 e. The van der Waals surface area contributed by atoms with Gasteiger partial charge in [-0.3, -0.25) is 4.98 Å². The van der Waals surface area contributed by atoms with Crippen LogP contribution in [0.2, 0.25) is 0 Å². The lowest BCUT2D eigenvalue weighted by atomic mass is 9.85. The fourth-order valence-electron chi connectivity index (χ4n) is 2.15. The summed E-state index contributed by atoms with van der Waals surface area (Å²) in [6.07, 6.45) is 3.20. The van der Waals surface area contributed by atoms with Gasteiger partial charge in [-0.15, -0.1) is 0 Å². The van der Waals surface area contributed by atoms with Gasteiger partial charge in [0.25, 0.3) is 0 Å². The van der Waals surface area contributed by atoms with E-state index in [2.05, 4.69) is 36.3 Å². The molecule has 2 nitrogen and oxygen atoms in total. The molecule has 2 heterocycles. The van der Waals surface area contributed by atoms with Gasteiger partial charge in [-0.1, -0.05) is 40.7 Å². The topological polar surface area (TPSA) is 24.9 Å². The lowest BCUT2D eigenvalue weighted by Gasteiger charge is -2.29. The zero-order chi connectivity index (χ0) is 14.0. The van der Waals surface area contributed by atoms with Gasteiger partial charge >= 0.3 is 0 Å². The molecule has 1 aromatic heterocycles. The van der Waals surface area contributed by atoms with Gasteiger partial charge in [-0.05, 0) is 44.0 Å². The van der Waals surface area contributed by atoms with Crippen LogP contribution in [-0.4, -0.2) is 18.1 Å². The van der Waals surface area contributed by atoms with Gasteiger partial charge in [-0.2, -0.15) is 0 Å². The van der Waals surface area contributed by atoms with Gasteiger partial charge in [-0.25, -0.2) is 0 Å². The van der Waals surface area contributed by atoms with Crippen molar-refractivity contribution in [3.8, 4) is 0 Å². The molecule has 0 aliphatic carbocycles. The first-order chi connectivity index (χ1) is 8.77. The predicted molar refractivity (Wildman–Crippen MR) is 81.1 cm³/mol. The summed E-state index contributed by atoms with van der Waals surface area (Å²) in [5.41, 5.74) is 2.51. The molecule has 0 bridgehead atoms. The van der Waals surface area contributed by atoms with Gasteiger partial charge in [0, 0.05) is 17.8 Å². The number of hydrogen-bond donors (Lipinski definition) is 1. The molecular formula is C16H30N2. The van der Waals surface area contributed by atoms with Crippen LogP contribution < -0.4 is 5.32 Å². The van der Waals surface area contributed by atoms with Gasteiger partial charge in [0.05, 0.1) is 0 Å². The molecule has 0 radical (unpaired) electrons. The number of aryl methyl sites for hydroxylation is 1. The van der Waals surface area contributed by atoms with Crippen LogP contribution in [0, 0.1) is 12.8 Å². The average molecular weight is 250 g/mol. The van der Waals surface area contributed by atoms with Crippen molar-refractivity contribution in [3.63, 3.8) is 0 Å². The number of rotatable bonds is 1. The first-order valence-electron chi connectivity index (χ1n) is 7.40. The molecule has 1 aliphatic heterocycles. The Morgan fingerprint density at radius 1 is 1.17 bits per heavy atom. The summed E-state index contributed by atoms with van der Waals surface area (Å²) in [5, 5.41) is 3.42. The van der Waals surface area contributed by atoms with Gasteiger partial charge < -0.3 is 5.32 Å². The van der Waals surface area contributed by atoms with Crippen molar-refractivity contribution in [2.45, 2.75) is 53.9 Å². The number of aromatic nitrogens is 1. The van der Waals surface area contributed by atoms with Crippen molar-refractivity contribution in [1.82, 2.24) is 10.3 Å². The lowest BCUT2D eigenvalue weighted by molar-refractivity contribution is 0.344. The van der Waals surface area contributed by atoms with Gasteiger partial charge in [0.15, 0.2) is 0 Å². The van der Waals surface area contributed by atoms with Crippen LogP contribution in [0.25, 0.3) is 0 Å². The molecule has 0 amide bonds. The second kappa shape index (κ2) is 10.1. The van der Waals surface area contributed by atoms with Crippen molar-refractivity contribution < 1.29 is 0 Å². The van der Waals surface area contributed by atoms with Crippen LogP contribution in [0.1, 0.15) is 58.2 Å². The van der Waals surface area contributed by atoms with Crippen molar-refractivity contribution in [2.75, 3.05) is 13.1 Å². The van der Waals surface area contributed by atoms with Crippen molar-refractivity contribution >= 4 is 0 Å². The minimum absolute atomic E-state index is 0.650. The largest absolute Gasteiger partial charge is 0.316 e. The third-order valence-electron chi connectivity index (χ3n) is 3.10. The van der Waals surface area contributed by atoms with E-state index >= 15 is 0 Å². The van der Waals surface area contributed by atoms with Gasteiger partial charge in [0.1, 0.15) is 0 Å². The van der Waals surface area contributed by atoms with Gasteiger partial charge in [0.2, 0.25) is 0 Å². The van der Waals surface area contributed by atoms with E-state index in [1.165, 1.54) is 17.7 Å². The Bertz CT molecular complexity index is 292. The Morgan fingerprint density at radius 3 is 2.33 bits per heavy atom. The minimum atomic E-state index is 0.650. The van der Waals surface area contributed by atoms with E-state index in [0.29, 0.717) is 11.8 Å². The summed E-state index contributed by atoms with van der Waals surface area (Å²) in [4.78, 5) is 4.52. The third-order valence-corrected chi connectivity index (χ3v) is 3.10. The van der Waals surface area contributed by atoms with Crippen LogP contribution in [0.5, 0.6) is 0 Å². The Hall–Kier alpha value is -0.890. The van der Waals surface area contributed by atoms with E-state index in [0.717, 1.165) is 13.1 Å². The van der Waals surface area contributed by atoms with E-state index < -0.39 is 0 Å². The first kappa shape index (κ1) is 17.1. The Balaban J connectivity index is 0.000000659. The molecule has 0 spiro atoms. The highest BCUT2D eigenvalue weighted by atomic mass is 14.9. The molecule has 104 valence electrons. The molecule has 0 aromatic carbocycles. The number of hydrogen-bond acceptors (Lipinski definition) is 2. The monoisotopic (exact) mass is 250 g/mol. The maximum absolute atomic E-state index is 4.52. The Labute approximate surface area is 113 Å². The summed E-state index contributed by atoms with van der Waals surface area (Å²) in [7, 11) is 0. The third kappa shape index (κ3) is 5.18. The summed E-state index contributed by atoms with van der Waals surface area (Å²) >= 11 is 0. The molecule has 2 atom stereocenters. The van der Waals surface area contributed by atoms with E-state index in [-0.39, 0.29) is 0 Å². The van der Waals surface area contributed by atoms with Crippen molar-refractivity contribution in [2.24, 2.45) is 5.92 Å². The highest BCUT2D eigenvalue weighted by Crippen LogP contribution is 2.28. The normalized spacial score (nSPS) is 22.1. The second-order valence-electron chi connectivity index (χ2n) is 4.34. The molecule has 2 heteroatoms. The molecule has 2 unspecified atom stereocenters. The van der Waals surface area contributed by atoms with E-state index in [1.54, 1.807) is 0 Å². The van der Waals surface area contributed by atoms with E-state index in [1.807, 2.05) is 33.9 Å². The van der Waals surface area contributed by atoms with Crippen molar-refractivity contribution in [1.29, 1.82) is 0 Å². The standard InChI is InChI=1S/C12H18N2.2C2H6/c1-9-3-4-12(14-7-9)11-5-6-13-8-10(11)2;2*1-2/h3-4,7,10-11,13H,5-6,8H2,1-2H3;2*1-2H3. The van der Waals surface area contributed by atoms with Crippen LogP contribution in [0.3, 0.4) is 0 Å². The van der Waals surface area contributed by atoms with Crippen LogP contribution in [0.15, 0.2) is 18.3 Å². The van der Waals surface area contributed by atoms with E-state index in [4.69, 9.17) is 0 Å². The van der Waals surface area contributed by atoms with Crippen LogP contribution in [-0.2, 0) is 0 Å². The zero-order valence-corrected chi connectivity index (χ0v) is 13.0. The average Bonchev–Trinajstić information content (AvgIpc) is 2.45. The smallest absolute Gasteiger partial charge is 0.0438 e. The van der Waals surface area contributed by atoms with Crippen molar-refractivity contribution in [3.05, 3.63) is 29.6 Å². The highest BCUT2D eigenvalue weighted by molar-refractivity contribution is 5.16. The van der Waals surface area contributed by atoms with Crippen LogP contribution in [0.4, 0.5) is 0 Å². The fourth-order valence-corrected chi connectivity index (χ4v) is 2.15. The molecule has 1 N–H and O–H groups in total. The molecule has 1 saturated heterocycles. The Morgan fingerprint density at radius 2 is 1.83 bits per heavy atom. The fraction of sp³-hybridized carbons (Fsp3) is 0.688. The molecule has 2 rings (SSSR count). The molecule has 1 fully saturated rings. The quantitative estimate of drug-likeness (QED) is 0.809. The molecule has 1 aliphatic rings. The first-order valence-corrected chi connectivity index (χ1v) is 7.40. The number of piperidine rings is 1. The number of nitrogens with zero attached hydrogens (tertiary/aromatic N) is 1. The SMILES string of the molecule is CC.CC.Cc1ccc(C2CCNCC2C)nc1. The summed E-state index contributed by atoms with van der Waals surface area (Å²) in [6, 6.07) is 4.35.